The molecule has 0 aliphatic carbocycles. The standard InChI is InChI=1S/C17H22N4O2.ClH/c1-12-15(19-16(22)14-10-6-7-11-18-14)17(23)21(20(12)2)13-8-4-3-5-9-13;/h3-5,8-9,14,18H,6-7,10-11H2,1-2H3,(H,19,22);1H/t14-;/m0./s1. The topological polar surface area (TPSA) is 68.1 Å². The van der Waals surface area contributed by atoms with Gasteiger partial charge in [-0.3, -0.25) is 14.3 Å². The maximum Gasteiger partial charge on any atom is 0.295 e. The number of nitrogens with zero attached hydrogens (tertiary/aromatic N) is 2. The first-order chi connectivity index (χ1) is 11.1. The molecule has 7 heteroatoms. The normalized spacial score (nSPS) is 17.2. The molecule has 130 valence electrons. The molecule has 2 heterocycles. The number of piperidine rings is 1. The molecule has 0 radical (unpaired) electrons. The largest absolute Gasteiger partial charge is 0.319 e. The number of carbonyl (C=O) groups is 1. The summed E-state index contributed by atoms with van der Waals surface area (Å²) in [6, 6.07) is 9.20. The van der Waals surface area contributed by atoms with Gasteiger partial charge < -0.3 is 10.6 Å². The summed E-state index contributed by atoms with van der Waals surface area (Å²) in [5.41, 5.74) is 1.66. The van der Waals surface area contributed by atoms with Crippen molar-refractivity contribution >= 4 is 24.0 Å². The predicted octanol–water partition coefficient (Wildman–Crippen LogP) is 1.99. The average molecular weight is 351 g/mol. The molecule has 2 aromatic rings. The predicted molar refractivity (Wildman–Crippen MR) is 97.3 cm³/mol. The van der Waals surface area contributed by atoms with Gasteiger partial charge in [0.25, 0.3) is 5.56 Å². The Bertz CT molecular complexity index is 761. The molecule has 0 saturated carbocycles. The van der Waals surface area contributed by atoms with Gasteiger partial charge in [0.05, 0.1) is 17.4 Å². The Morgan fingerprint density at radius 1 is 1.25 bits per heavy atom. The summed E-state index contributed by atoms with van der Waals surface area (Å²) in [6.07, 6.45) is 2.94. The highest BCUT2D eigenvalue weighted by Gasteiger charge is 2.24. The van der Waals surface area contributed by atoms with E-state index in [4.69, 9.17) is 0 Å². The SMILES string of the molecule is Cc1c(NC(=O)[C@@H]2CCCCN2)c(=O)n(-c2ccccc2)n1C.Cl. The number of carbonyl (C=O) groups excluding carboxylic acids is 1. The Balaban J connectivity index is 0.00000208. The molecule has 1 atom stereocenters. The number of halogens is 1. The van der Waals surface area contributed by atoms with Crippen molar-refractivity contribution in [2.75, 3.05) is 11.9 Å². The van der Waals surface area contributed by atoms with Crippen LogP contribution >= 0.6 is 12.4 Å². The lowest BCUT2D eigenvalue weighted by atomic mass is 10.0. The van der Waals surface area contributed by atoms with Crippen molar-refractivity contribution < 1.29 is 4.79 Å². The Hall–Kier alpha value is -2.05. The average Bonchev–Trinajstić information content (AvgIpc) is 2.80. The van der Waals surface area contributed by atoms with Crippen molar-refractivity contribution in [3.05, 3.63) is 46.4 Å². The van der Waals surface area contributed by atoms with Gasteiger partial charge >= 0.3 is 0 Å². The second-order valence-corrected chi connectivity index (χ2v) is 5.93. The summed E-state index contributed by atoms with van der Waals surface area (Å²) in [5.74, 6) is -0.129. The zero-order valence-corrected chi connectivity index (χ0v) is 14.7. The minimum absolute atomic E-state index is 0. The third-order valence-corrected chi connectivity index (χ3v) is 4.43. The number of rotatable bonds is 3. The molecular weight excluding hydrogens is 328 g/mol. The summed E-state index contributed by atoms with van der Waals surface area (Å²) >= 11 is 0. The Kier molecular flexibility index (Phi) is 5.85. The second-order valence-electron chi connectivity index (χ2n) is 5.93. The summed E-state index contributed by atoms with van der Waals surface area (Å²) in [7, 11) is 1.82. The molecule has 0 unspecified atom stereocenters. The molecule has 1 aliphatic rings. The van der Waals surface area contributed by atoms with E-state index in [9.17, 15) is 9.59 Å². The van der Waals surface area contributed by atoms with Gasteiger partial charge in [0.1, 0.15) is 5.69 Å². The monoisotopic (exact) mass is 350 g/mol. The number of hydrogen-bond donors (Lipinski definition) is 2. The Morgan fingerprint density at radius 2 is 1.96 bits per heavy atom. The van der Waals surface area contributed by atoms with E-state index >= 15 is 0 Å². The highest BCUT2D eigenvalue weighted by molar-refractivity contribution is 5.95. The number of benzene rings is 1. The van der Waals surface area contributed by atoms with Gasteiger partial charge in [0.15, 0.2) is 0 Å². The van der Waals surface area contributed by atoms with Crippen molar-refractivity contribution in [3.63, 3.8) is 0 Å². The smallest absolute Gasteiger partial charge is 0.295 e. The fraction of sp³-hybridized carbons (Fsp3) is 0.412. The summed E-state index contributed by atoms with van der Waals surface area (Å²) < 4.78 is 3.33. The zero-order chi connectivity index (χ0) is 16.4. The van der Waals surface area contributed by atoms with Crippen molar-refractivity contribution in [2.45, 2.75) is 32.2 Å². The molecule has 2 N–H and O–H groups in total. The lowest BCUT2D eigenvalue weighted by molar-refractivity contribution is -0.118. The van der Waals surface area contributed by atoms with E-state index < -0.39 is 0 Å². The molecule has 0 bridgehead atoms. The third-order valence-electron chi connectivity index (χ3n) is 4.43. The van der Waals surface area contributed by atoms with Crippen LogP contribution in [0, 0.1) is 6.92 Å². The number of aromatic nitrogens is 2. The van der Waals surface area contributed by atoms with Crippen LogP contribution in [-0.2, 0) is 11.8 Å². The highest BCUT2D eigenvalue weighted by atomic mass is 35.5. The first kappa shape index (κ1) is 18.3. The van der Waals surface area contributed by atoms with E-state index in [-0.39, 0.29) is 29.9 Å². The number of anilines is 1. The molecule has 1 saturated heterocycles. The summed E-state index contributed by atoms with van der Waals surface area (Å²) in [5, 5.41) is 6.03. The van der Waals surface area contributed by atoms with Crippen molar-refractivity contribution in [3.8, 4) is 5.69 Å². The molecule has 24 heavy (non-hydrogen) atoms. The van der Waals surface area contributed by atoms with E-state index in [0.717, 1.165) is 37.2 Å². The number of amides is 1. The third kappa shape index (κ3) is 3.39. The van der Waals surface area contributed by atoms with E-state index in [1.54, 1.807) is 9.36 Å². The van der Waals surface area contributed by atoms with Crippen LogP contribution in [0.25, 0.3) is 5.69 Å². The van der Waals surface area contributed by atoms with E-state index in [0.29, 0.717) is 5.69 Å². The molecular formula is C17H23ClN4O2. The summed E-state index contributed by atoms with van der Waals surface area (Å²) in [4.78, 5) is 25.1. The fourth-order valence-electron chi connectivity index (χ4n) is 3.00. The first-order valence-electron chi connectivity index (χ1n) is 7.98. The van der Waals surface area contributed by atoms with Gasteiger partial charge in [0.2, 0.25) is 5.91 Å². The van der Waals surface area contributed by atoms with Crippen molar-refractivity contribution in [1.82, 2.24) is 14.7 Å². The minimum Gasteiger partial charge on any atom is -0.319 e. The van der Waals surface area contributed by atoms with Crippen LogP contribution in [0.2, 0.25) is 0 Å². The van der Waals surface area contributed by atoms with Crippen LogP contribution in [0.3, 0.4) is 0 Å². The quantitative estimate of drug-likeness (QED) is 0.889. The van der Waals surface area contributed by atoms with Gasteiger partial charge in [-0.25, -0.2) is 4.68 Å². The summed E-state index contributed by atoms with van der Waals surface area (Å²) in [6.45, 7) is 2.69. The van der Waals surface area contributed by atoms with Gasteiger partial charge in [-0.15, -0.1) is 12.4 Å². The number of para-hydroxylation sites is 1. The molecule has 1 aromatic carbocycles. The zero-order valence-electron chi connectivity index (χ0n) is 13.9. The Labute approximate surface area is 147 Å². The van der Waals surface area contributed by atoms with E-state index in [1.165, 1.54) is 0 Å². The van der Waals surface area contributed by atoms with Crippen molar-refractivity contribution in [1.29, 1.82) is 0 Å². The van der Waals surface area contributed by atoms with Crippen LogP contribution in [0.5, 0.6) is 0 Å². The maximum atomic E-state index is 12.7. The van der Waals surface area contributed by atoms with E-state index in [2.05, 4.69) is 10.6 Å². The molecule has 6 nitrogen and oxygen atoms in total. The van der Waals surface area contributed by atoms with Gasteiger partial charge in [-0.05, 0) is 38.4 Å². The molecule has 0 spiro atoms. The number of nitrogens with one attached hydrogen (secondary N) is 2. The van der Waals surface area contributed by atoms with Crippen LogP contribution < -0.4 is 16.2 Å². The second kappa shape index (κ2) is 7.68. The molecule has 1 amide bonds. The van der Waals surface area contributed by atoms with Crippen LogP contribution in [-0.4, -0.2) is 27.9 Å². The van der Waals surface area contributed by atoms with Crippen LogP contribution in [0.15, 0.2) is 35.1 Å². The minimum atomic E-state index is -0.215. The van der Waals surface area contributed by atoms with Crippen LogP contribution in [0.4, 0.5) is 5.69 Å². The molecule has 3 rings (SSSR count). The van der Waals surface area contributed by atoms with Gasteiger partial charge in [-0.2, -0.15) is 0 Å². The molecule has 1 aliphatic heterocycles. The van der Waals surface area contributed by atoms with Gasteiger partial charge in [-0.1, -0.05) is 24.6 Å². The lowest BCUT2D eigenvalue weighted by Crippen LogP contribution is -2.44. The number of hydrogen-bond acceptors (Lipinski definition) is 3. The first-order valence-corrected chi connectivity index (χ1v) is 7.98. The van der Waals surface area contributed by atoms with Crippen LogP contribution in [0.1, 0.15) is 25.0 Å². The maximum absolute atomic E-state index is 12.7. The van der Waals surface area contributed by atoms with Gasteiger partial charge in [0, 0.05) is 7.05 Å². The molecule has 1 aromatic heterocycles. The lowest BCUT2D eigenvalue weighted by Gasteiger charge is -2.22. The Morgan fingerprint density at radius 3 is 2.58 bits per heavy atom. The fourth-order valence-corrected chi connectivity index (χ4v) is 3.00. The molecule has 1 fully saturated rings. The van der Waals surface area contributed by atoms with E-state index in [1.807, 2.05) is 44.3 Å². The highest BCUT2D eigenvalue weighted by Crippen LogP contribution is 2.15. The van der Waals surface area contributed by atoms with Crippen molar-refractivity contribution in [2.24, 2.45) is 7.05 Å².